The first-order valence-corrected chi connectivity index (χ1v) is 0.928. The molecule has 0 saturated carbocycles. The summed E-state index contributed by atoms with van der Waals surface area (Å²) in [6.07, 6.45) is 0. The molecule has 0 heterocycles. The molecule has 0 spiro atoms. The van der Waals surface area contributed by atoms with E-state index in [4.69, 9.17) is 9.90 Å². The molecule has 0 aromatic rings. The quantitative estimate of drug-likeness (QED) is 0.379. The summed E-state index contributed by atoms with van der Waals surface area (Å²) >= 11 is 0. The van der Waals surface area contributed by atoms with Crippen LogP contribution < -0.4 is 29.6 Å². The van der Waals surface area contributed by atoms with E-state index in [1.807, 2.05) is 0 Å². The fraction of sp³-hybridized carbons (Fsp3) is 0.500. The number of carboxylic acids is 1. The second-order valence-electron chi connectivity index (χ2n) is 0.519. The number of hydrogen-bond acceptors (Lipinski definition) is 1. The monoisotopic (exact) mass is 166 g/mol. The zero-order chi connectivity index (χ0) is 3.58. The summed E-state index contributed by atoms with van der Waals surface area (Å²) < 4.78 is 0. The molecule has 0 radical (unpaired) electrons. The van der Waals surface area contributed by atoms with Gasteiger partial charge in [0.15, 0.2) is 0 Å². The summed E-state index contributed by atoms with van der Waals surface area (Å²) in [6.45, 7) is 1.08. The molecule has 0 aliphatic carbocycles. The van der Waals surface area contributed by atoms with Crippen molar-refractivity contribution in [3.63, 3.8) is 0 Å². The predicted molar refractivity (Wildman–Crippen MR) is 18.0 cm³/mol. The van der Waals surface area contributed by atoms with E-state index < -0.39 is 5.97 Å². The molecule has 3 N–H and O–H groups in total. The van der Waals surface area contributed by atoms with Crippen LogP contribution in [0, 0.1) is 0 Å². The first-order chi connectivity index (χ1) is 1.73. The van der Waals surface area contributed by atoms with Gasteiger partial charge in [0.1, 0.15) is 0 Å². The van der Waals surface area contributed by atoms with Gasteiger partial charge in [-0.05, 0) is 0 Å². The third kappa shape index (κ3) is 162. The molecule has 3 nitrogen and oxygen atoms in total. The third-order valence-electron chi connectivity index (χ3n) is 0. The molecule has 0 aliphatic rings. The Labute approximate surface area is 78.3 Å². The first-order valence-electron chi connectivity index (χ1n) is 0.928. The van der Waals surface area contributed by atoms with Gasteiger partial charge in [-0.15, -0.1) is 0 Å². The van der Waals surface area contributed by atoms with Gasteiger partial charge in [0.05, 0.1) is 0 Å². The van der Waals surface area contributed by atoms with Crippen LogP contribution in [0.4, 0.5) is 0 Å². The van der Waals surface area contributed by atoms with Crippen molar-refractivity contribution in [3.8, 4) is 0 Å². The minimum atomic E-state index is -0.833. The van der Waals surface area contributed by atoms with Crippen molar-refractivity contribution in [2.45, 2.75) is 6.92 Å². The molecule has 0 bridgehead atoms. The average Bonchev–Trinajstić information content (AvgIpc) is 0.811. The largest absolute Gasteiger partial charge is 1.00 e. The van der Waals surface area contributed by atoms with Crippen molar-refractivity contribution in [1.29, 1.82) is 0 Å². The van der Waals surface area contributed by atoms with Crippen LogP contribution in [0.1, 0.15) is 8.35 Å². The summed E-state index contributed by atoms with van der Waals surface area (Å²) in [5.74, 6) is -0.833. The van der Waals surface area contributed by atoms with Crippen molar-refractivity contribution >= 4 is 5.97 Å². The Bertz CT molecular complexity index is 40.3. The molecular weight excluding hydrogens is 160 g/mol. The van der Waals surface area contributed by atoms with Crippen LogP contribution >= 0.6 is 0 Å². The molecule has 36 valence electrons. The molecule has 0 aliphatic heterocycles. The summed E-state index contributed by atoms with van der Waals surface area (Å²) in [5.41, 5.74) is 0. The van der Waals surface area contributed by atoms with Crippen LogP contribution in [-0.2, 0) is 24.3 Å². The zero-order valence-corrected chi connectivity index (χ0v) is 9.53. The topological polar surface area (TPSA) is 68.8 Å². The molecule has 0 rings (SSSR count). The van der Waals surface area contributed by atoms with E-state index in [2.05, 4.69) is 0 Å². The van der Waals surface area contributed by atoms with Gasteiger partial charge < -0.3 is 12.0 Å². The maximum Gasteiger partial charge on any atom is 1.00 e. The molecule has 0 aromatic carbocycles. The van der Waals surface area contributed by atoms with Gasteiger partial charge in [-0.1, -0.05) is 0 Å². The molecule has 0 amide bonds. The Morgan fingerprint density at radius 1 is 1.71 bits per heavy atom. The number of hydrogen-bond donors (Lipinski definition) is 1. The van der Waals surface area contributed by atoms with Crippen molar-refractivity contribution in [2.75, 3.05) is 0 Å². The van der Waals surface area contributed by atoms with Crippen LogP contribution in [0.5, 0.6) is 0 Å². The van der Waals surface area contributed by atoms with E-state index in [0.717, 1.165) is 6.92 Å². The second kappa shape index (κ2) is 15.7. The molecule has 5 heteroatoms. The Morgan fingerprint density at radius 2 is 1.71 bits per heavy atom. The van der Waals surface area contributed by atoms with Gasteiger partial charge in [-0.2, -0.15) is 0 Å². The van der Waals surface area contributed by atoms with E-state index in [-0.39, 0.29) is 55.9 Å². The standard InChI is InChI=1S/C2H4O2.Na.H2O.Zn.H/c1-2(3)4;;;;/h1H3,(H,3,4);;1H2;;/q;+1;;;-1. The maximum atomic E-state index is 9.00. The summed E-state index contributed by atoms with van der Waals surface area (Å²) in [5, 5.41) is 7.42. The molecular formula is C2H7NaO3Zn. The number of aliphatic carboxylic acids is 1. The number of rotatable bonds is 0. The van der Waals surface area contributed by atoms with Gasteiger partial charge >= 0.3 is 29.6 Å². The number of carbonyl (C=O) groups is 1. The Balaban J connectivity index is -0.00000000750. The van der Waals surface area contributed by atoms with Crippen molar-refractivity contribution in [3.05, 3.63) is 0 Å². The zero-order valence-electron chi connectivity index (χ0n) is 5.56. The van der Waals surface area contributed by atoms with Crippen LogP contribution in [0.15, 0.2) is 0 Å². The van der Waals surface area contributed by atoms with Gasteiger partial charge in [0.25, 0.3) is 5.97 Å². The SMILES string of the molecule is CC(=O)O.O.[H-].[Na+].[Zn]. The summed E-state index contributed by atoms with van der Waals surface area (Å²) in [4.78, 5) is 9.00. The normalized spacial score (nSPS) is 3.57. The van der Waals surface area contributed by atoms with Gasteiger partial charge in [0.2, 0.25) is 0 Å². The Morgan fingerprint density at radius 3 is 1.71 bits per heavy atom. The molecule has 7 heavy (non-hydrogen) atoms. The van der Waals surface area contributed by atoms with Crippen molar-refractivity contribution in [2.24, 2.45) is 0 Å². The molecule has 0 saturated heterocycles. The molecule has 0 fully saturated rings. The summed E-state index contributed by atoms with van der Waals surface area (Å²) in [7, 11) is 0. The average molecular weight is 167 g/mol. The van der Waals surface area contributed by atoms with Crippen molar-refractivity contribution in [1.82, 2.24) is 0 Å². The fourth-order valence-corrected chi connectivity index (χ4v) is 0. The van der Waals surface area contributed by atoms with Crippen LogP contribution in [0.2, 0.25) is 0 Å². The Kier molecular flexibility index (Phi) is 54.8. The maximum absolute atomic E-state index is 9.00. The second-order valence-corrected chi connectivity index (χ2v) is 0.519. The molecule has 0 atom stereocenters. The third-order valence-corrected chi connectivity index (χ3v) is 0. The predicted octanol–water partition coefficient (Wildman–Crippen LogP) is -3.62. The van der Waals surface area contributed by atoms with E-state index in [0.29, 0.717) is 0 Å². The Hall–Kier alpha value is 1.05. The smallest absolute Gasteiger partial charge is 1.00 e. The first kappa shape index (κ1) is 24.4. The summed E-state index contributed by atoms with van der Waals surface area (Å²) in [6, 6.07) is 0. The van der Waals surface area contributed by atoms with Crippen LogP contribution in [0.3, 0.4) is 0 Å². The van der Waals surface area contributed by atoms with Crippen molar-refractivity contribution < 1.29 is 65.8 Å². The molecule has 0 aromatic heterocycles. The van der Waals surface area contributed by atoms with E-state index in [9.17, 15) is 0 Å². The van der Waals surface area contributed by atoms with E-state index in [1.165, 1.54) is 0 Å². The molecule has 0 unspecified atom stereocenters. The van der Waals surface area contributed by atoms with Gasteiger partial charge in [-0.25, -0.2) is 0 Å². The van der Waals surface area contributed by atoms with Gasteiger partial charge in [-0.3, -0.25) is 4.79 Å². The van der Waals surface area contributed by atoms with Gasteiger partial charge in [0, 0.05) is 26.4 Å². The number of carboxylic acid groups (broad SMARTS) is 1. The van der Waals surface area contributed by atoms with E-state index in [1.54, 1.807) is 0 Å². The van der Waals surface area contributed by atoms with Crippen LogP contribution in [0.25, 0.3) is 0 Å². The minimum absolute atomic E-state index is 0. The fourth-order valence-electron chi connectivity index (χ4n) is 0. The van der Waals surface area contributed by atoms with Crippen LogP contribution in [-0.4, -0.2) is 16.6 Å². The minimum Gasteiger partial charge on any atom is -1.00 e. The van der Waals surface area contributed by atoms with E-state index >= 15 is 0 Å².